The number of amides is 1. The second kappa shape index (κ2) is 8.68. The fraction of sp³-hybridized carbons (Fsp3) is 0.136. The number of sulfonamides is 1. The highest BCUT2D eigenvalue weighted by molar-refractivity contribution is 7.92. The van der Waals surface area contributed by atoms with Crippen LogP contribution in [0.25, 0.3) is 0 Å². The van der Waals surface area contributed by atoms with Gasteiger partial charge in [-0.25, -0.2) is 8.42 Å². The molecule has 0 spiro atoms. The summed E-state index contributed by atoms with van der Waals surface area (Å²) >= 11 is 12.0. The molecule has 0 radical (unpaired) electrons. The van der Waals surface area contributed by atoms with Crippen molar-refractivity contribution in [2.45, 2.75) is 25.7 Å². The van der Waals surface area contributed by atoms with Crippen molar-refractivity contribution >= 4 is 50.5 Å². The first-order chi connectivity index (χ1) is 14.1. The third-order valence-corrected chi connectivity index (χ3v) is 6.76. The van der Waals surface area contributed by atoms with Gasteiger partial charge < -0.3 is 5.32 Å². The van der Waals surface area contributed by atoms with Crippen LogP contribution in [0.4, 0.5) is 11.4 Å². The molecule has 0 heterocycles. The van der Waals surface area contributed by atoms with Gasteiger partial charge in [0, 0.05) is 16.3 Å². The molecule has 156 valence electrons. The molecule has 3 aromatic rings. The smallest absolute Gasteiger partial charge is 0.262 e. The van der Waals surface area contributed by atoms with Crippen LogP contribution in [0, 0.1) is 20.8 Å². The summed E-state index contributed by atoms with van der Waals surface area (Å²) in [5.74, 6) is -0.498. The SMILES string of the molecule is Cc1ccc(NS(=O)(=O)c2cc(C(=O)Nc3cc(Cl)ccc3Cl)ccc2C)cc1C. The van der Waals surface area contributed by atoms with Gasteiger partial charge in [0.05, 0.1) is 15.6 Å². The molecule has 0 aliphatic rings. The van der Waals surface area contributed by atoms with Crippen molar-refractivity contribution in [3.8, 4) is 0 Å². The molecule has 0 aromatic heterocycles. The van der Waals surface area contributed by atoms with E-state index >= 15 is 0 Å². The Kier molecular flexibility index (Phi) is 6.41. The summed E-state index contributed by atoms with van der Waals surface area (Å²) in [6, 6.07) is 14.5. The number of aryl methyl sites for hydroxylation is 3. The zero-order chi connectivity index (χ0) is 22.1. The van der Waals surface area contributed by atoms with Gasteiger partial charge >= 0.3 is 0 Å². The molecule has 0 aliphatic carbocycles. The largest absolute Gasteiger partial charge is 0.321 e. The molecule has 1 amide bonds. The molecule has 0 aliphatic heterocycles. The number of hydrogen-bond acceptors (Lipinski definition) is 3. The number of carbonyl (C=O) groups excluding carboxylic acids is 1. The molecule has 0 unspecified atom stereocenters. The molecule has 3 rings (SSSR count). The summed E-state index contributed by atoms with van der Waals surface area (Å²) in [5.41, 5.74) is 3.53. The molecule has 8 heteroatoms. The number of carbonyl (C=O) groups is 1. The summed E-state index contributed by atoms with van der Waals surface area (Å²) in [6.07, 6.45) is 0. The molecular formula is C22H20Cl2N2O3S. The highest BCUT2D eigenvalue weighted by Crippen LogP contribution is 2.27. The lowest BCUT2D eigenvalue weighted by atomic mass is 10.1. The molecule has 2 N–H and O–H groups in total. The molecular weight excluding hydrogens is 443 g/mol. The van der Waals surface area contributed by atoms with E-state index in [0.29, 0.717) is 27.0 Å². The van der Waals surface area contributed by atoms with Crippen LogP contribution in [0.1, 0.15) is 27.0 Å². The Balaban J connectivity index is 1.91. The van der Waals surface area contributed by atoms with Crippen LogP contribution < -0.4 is 10.0 Å². The average molecular weight is 463 g/mol. The molecule has 5 nitrogen and oxygen atoms in total. The molecule has 0 bridgehead atoms. The predicted molar refractivity (Wildman–Crippen MR) is 122 cm³/mol. The molecule has 30 heavy (non-hydrogen) atoms. The van der Waals surface area contributed by atoms with Gasteiger partial charge in [-0.1, -0.05) is 35.3 Å². The van der Waals surface area contributed by atoms with Crippen molar-refractivity contribution in [3.05, 3.63) is 86.9 Å². The highest BCUT2D eigenvalue weighted by atomic mass is 35.5. The Hall–Kier alpha value is -2.54. The predicted octanol–water partition coefficient (Wildman–Crippen LogP) is 5.97. The van der Waals surface area contributed by atoms with Crippen molar-refractivity contribution in [1.29, 1.82) is 0 Å². The van der Waals surface area contributed by atoms with Crippen molar-refractivity contribution < 1.29 is 13.2 Å². The number of hydrogen-bond donors (Lipinski definition) is 2. The second-order valence-corrected chi connectivity index (χ2v) is 9.46. The van der Waals surface area contributed by atoms with Crippen LogP contribution in [0.2, 0.25) is 10.0 Å². The molecule has 0 saturated carbocycles. The second-order valence-electron chi connectivity index (χ2n) is 6.96. The Bertz CT molecular complexity index is 1240. The average Bonchev–Trinajstić information content (AvgIpc) is 2.67. The van der Waals surface area contributed by atoms with E-state index in [4.69, 9.17) is 23.2 Å². The maximum absolute atomic E-state index is 13.0. The van der Waals surface area contributed by atoms with Crippen molar-refractivity contribution in [2.24, 2.45) is 0 Å². The first kappa shape index (κ1) is 22.2. The minimum atomic E-state index is -3.89. The van der Waals surface area contributed by atoms with E-state index < -0.39 is 15.9 Å². The van der Waals surface area contributed by atoms with Crippen molar-refractivity contribution in [2.75, 3.05) is 10.0 Å². The van der Waals surface area contributed by atoms with Gasteiger partial charge in [-0.05, 0) is 79.9 Å². The van der Waals surface area contributed by atoms with Crippen LogP contribution in [0.3, 0.4) is 0 Å². The summed E-state index contributed by atoms with van der Waals surface area (Å²) < 4.78 is 28.5. The third kappa shape index (κ3) is 4.95. The van der Waals surface area contributed by atoms with E-state index in [1.807, 2.05) is 19.9 Å². The van der Waals surface area contributed by atoms with Crippen molar-refractivity contribution in [1.82, 2.24) is 0 Å². The van der Waals surface area contributed by atoms with Crippen LogP contribution >= 0.6 is 23.2 Å². The monoisotopic (exact) mass is 462 g/mol. The Morgan fingerprint density at radius 1 is 0.833 bits per heavy atom. The van der Waals surface area contributed by atoms with Gasteiger partial charge in [-0.15, -0.1) is 0 Å². The maximum atomic E-state index is 13.0. The Morgan fingerprint density at radius 2 is 1.53 bits per heavy atom. The topological polar surface area (TPSA) is 75.3 Å². The van der Waals surface area contributed by atoms with E-state index in [-0.39, 0.29) is 10.5 Å². The number of rotatable bonds is 5. The fourth-order valence-corrected chi connectivity index (χ4v) is 4.49. The third-order valence-electron chi connectivity index (χ3n) is 4.68. The van der Waals surface area contributed by atoms with Crippen LogP contribution in [0.15, 0.2) is 59.5 Å². The first-order valence-corrected chi connectivity index (χ1v) is 11.3. The van der Waals surface area contributed by atoms with E-state index in [2.05, 4.69) is 10.0 Å². The Morgan fingerprint density at radius 3 is 2.23 bits per heavy atom. The summed E-state index contributed by atoms with van der Waals surface area (Å²) in [5, 5.41) is 3.40. The van der Waals surface area contributed by atoms with Crippen LogP contribution in [0.5, 0.6) is 0 Å². The van der Waals surface area contributed by atoms with Gasteiger partial charge in [0.25, 0.3) is 15.9 Å². The zero-order valence-electron chi connectivity index (χ0n) is 16.6. The van der Waals surface area contributed by atoms with Gasteiger partial charge in [0.2, 0.25) is 0 Å². The van der Waals surface area contributed by atoms with Crippen LogP contribution in [-0.2, 0) is 10.0 Å². The van der Waals surface area contributed by atoms with Gasteiger partial charge in [0.15, 0.2) is 0 Å². The van der Waals surface area contributed by atoms with Gasteiger partial charge in [0.1, 0.15) is 0 Å². The maximum Gasteiger partial charge on any atom is 0.262 e. The summed E-state index contributed by atoms with van der Waals surface area (Å²) in [7, 11) is -3.89. The number of benzene rings is 3. The Labute approximate surface area is 186 Å². The number of halogens is 2. The van der Waals surface area contributed by atoms with Crippen molar-refractivity contribution in [3.63, 3.8) is 0 Å². The van der Waals surface area contributed by atoms with E-state index in [9.17, 15) is 13.2 Å². The quantitative estimate of drug-likeness (QED) is 0.490. The summed E-state index contributed by atoms with van der Waals surface area (Å²) in [6.45, 7) is 5.53. The summed E-state index contributed by atoms with van der Waals surface area (Å²) in [4.78, 5) is 12.7. The van der Waals surface area contributed by atoms with E-state index in [1.54, 1.807) is 43.3 Å². The lowest BCUT2D eigenvalue weighted by Gasteiger charge is -2.13. The number of nitrogens with one attached hydrogen (secondary N) is 2. The molecule has 0 fully saturated rings. The zero-order valence-corrected chi connectivity index (χ0v) is 18.9. The molecule has 0 saturated heterocycles. The standard InChI is InChI=1S/C22H20Cl2N2O3S/c1-13-5-8-18(10-15(13)3)26-30(28,29)21-11-16(6-4-14(21)2)22(27)25-20-12-17(23)7-9-19(20)24/h4-12,26H,1-3H3,(H,25,27). The minimum absolute atomic E-state index is 0.0190. The lowest BCUT2D eigenvalue weighted by molar-refractivity contribution is 0.102. The lowest BCUT2D eigenvalue weighted by Crippen LogP contribution is -2.17. The normalized spacial score (nSPS) is 11.2. The first-order valence-electron chi connectivity index (χ1n) is 9.04. The minimum Gasteiger partial charge on any atom is -0.321 e. The highest BCUT2D eigenvalue weighted by Gasteiger charge is 2.20. The number of anilines is 2. The van der Waals surface area contributed by atoms with E-state index in [1.165, 1.54) is 12.1 Å². The van der Waals surface area contributed by atoms with Crippen LogP contribution in [-0.4, -0.2) is 14.3 Å². The van der Waals surface area contributed by atoms with E-state index in [0.717, 1.165) is 11.1 Å². The van der Waals surface area contributed by atoms with Gasteiger partial charge in [-0.3, -0.25) is 9.52 Å². The molecule has 0 atom stereocenters. The van der Waals surface area contributed by atoms with Gasteiger partial charge in [-0.2, -0.15) is 0 Å². The molecule has 3 aromatic carbocycles. The fourth-order valence-electron chi connectivity index (χ4n) is 2.83.